The summed E-state index contributed by atoms with van der Waals surface area (Å²) < 4.78 is 23.6. The maximum Gasteiger partial charge on any atom is 0.276 e. The molecule has 6 nitrogen and oxygen atoms in total. The zero-order valence-electron chi connectivity index (χ0n) is 13.0. The Morgan fingerprint density at radius 2 is 1.50 bits per heavy atom. The van der Waals surface area contributed by atoms with E-state index in [9.17, 15) is 14.0 Å². The van der Waals surface area contributed by atoms with E-state index < -0.39 is 24.2 Å². The van der Waals surface area contributed by atoms with E-state index in [-0.39, 0.29) is 12.4 Å². The number of hydrazine groups is 1. The molecule has 0 fully saturated rings. The Morgan fingerprint density at radius 3 is 2.12 bits per heavy atom. The van der Waals surface area contributed by atoms with Crippen LogP contribution >= 0.6 is 0 Å². The Hall–Kier alpha value is -3.09. The Labute approximate surface area is 138 Å². The van der Waals surface area contributed by atoms with Gasteiger partial charge in [-0.05, 0) is 31.2 Å². The van der Waals surface area contributed by atoms with Gasteiger partial charge in [0, 0.05) is 0 Å². The summed E-state index contributed by atoms with van der Waals surface area (Å²) in [7, 11) is 0. The van der Waals surface area contributed by atoms with Crippen molar-refractivity contribution < 1.29 is 23.5 Å². The minimum absolute atomic E-state index is 0.0401. The number of carbonyl (C=O) groups is 2. The fourth-order valence-corrected chi connectivity index (χ4v) is 1.70. The van der Waals surface area contributed by atoms with Crippen LogP contribution in [-0.2, 0) is 9.59 Å². The number of hydrogen-bond acceptors (Lipinski definition) is 4. The van der Waals surface area contributed by atoms with Gasteiger partial charge in [0.1, 0.15) is 5.75 Å². The predicted molar refractivity (Wildman–Crippen MR) is 84.9 cm³/mol. The first kappa shape index (κ1) is 17.3. The van der Waals surface area contributed by atoms with Gasteiger partial charge in [0.25, 0.3) is 11.8 Å². The van der Waals surface area contributed by atoms with E-state index in [0.717, 1.165) is 5.56 Å². The van der Waals surface area contributed by atoms with Crippen LogP contribution in [0.5, 0.6) is 11.5 Å². The molecule has 0 spiro atoms. The fourth-order valence-electron chi connectivity index (χ4n) is 1.70. The Kier molecular flexibility index (Phi) is 6.13. The predicted octanol–water partition coefficient (Wildman–Crippen LogP) is 1.74. The van der Waals surface area contributed by atoms with Crippen LogP contribution in [0, 0.1) is 12.7 Å². The zero-order chi connectivity index (χ0) is 17.4. The van der Waals surface area contributed by atoms with Crippen LogP contribution in [0.1, 0.15) is 5.56 Å². The number of hydrogen-bond donors (Lipinski definition) is 2. The maximum atomic E-state index is 13.3. The van der Waals surface area contributed by atoms with Crippen LogP contribution in [0.15, 0.2) is 48.5 Å². The number of ether oxygens (including phenoxy) is 2. The van der Waals surface area contributed by atoms with Gasteiger partial charge in [0.2, 0.25) is 0 Å². The molecule has 2 amide bonds. The molecule has 0 aliphatic rings. The summed E-state index contributed by atoms with van der Waals surface area (Å²) in [4.78, 5) is 23.1. The van der Waals surface area contributed by atoms with Gasteiger partial charge in [0.05, 0.1) is 0 Å². The highest BCUT2D eigenvalue weighted by molar-refractivity contribution is 5.83. The van der Waals surface area contributed by atoms with Crippen molar-refractivity contribution in [3.63, 3.8) is 0 Å². The molecule has 2 N–H and O–H groups in total. The number of aryl methyl sites for hydroxylation is 1. The van der Waals surface area contributed by atoms with Crippen molar-refractivity contribution in [2.24, 2.45) is 0 Å². The summed E-state index contributed by atoms with van der Waals surface area (Å²) >= 11 is 0. The highest BCUT2D eigenvalue weighted by Gasteiger charge is 2.08. The molecule has 126 valence electrons. The third kappa shape index (κ3) is 5.60. The summed E-state index contributed by atoms with van der Waals surface area (Å²) in [5.41, 5.74) is 5.41. The van der Waals surface area contributed by atoms with E-state index in [2.05, 4.69) is 10.9 Å². The Balaban J connectivity index is 1.66. The van der Waals surface area contributed by atoms with Crippen LogP contribution < -0.4 is 20.3 Å². The molecule has 2 aromatic rings. The standard InChI is InChI=1S/C17H17FN2O4/c1-12-6-8-13(9-7-12)23-10-16(21)19-20-17(22)11-24-15-5-3-2-4-14(15)18/h2-9H,10-11H2,1H3,(H,19,21)(H,20,22). The number of carbonyl (C=O) groups excluding carboxylic acids is 2. The largest absolute Gasteiger partial charge is 0.484 e. The molecule has 0 aliphatic heterocycles. The molecule has 2 rings (SSSR count). The van der Waals surface area contributed by atoms with Crippen LogP contribution in [0.3, 0.4) is 0 Å². The molecule has 0 bridgehead atoms. The van der Waals surface area contributed by atoms with Gasteiger partial charge in [0.15, 0.2) is 24.8 Å². The lowest BCUT2D eigenvalue weighted by Crippen LogP contribution is -2.45. The fraction of sp³-hybridized carbons (Fsp3) is 0.176. The van der Waals surface area contributed by atoms with E-state index in [0.29, 0.717) is 5.75 Å². The normalized spacial score (nSPS) is 9.92. The maximum absolute atomic E-state index is 13.3. The van der Waals surface area contributed by atoms with Gasteiger partial charge >= 0.3 is 0 Å². The molecule has 0 radical (unpaired) electrons. The van der Waals surface area contributed by atoms with Crippen molar-refractivity contribution in [2.45, 2.75) is 6.92 Å². The first-order chi connectivity index (χ1) is 11.5. The van der Waals surface area contributed by atoms with E-state index in [4.69, 9.17) is 9.47 Å². The average Bonchev–Trinajstić information content (AvgIpc) is 2.58. The van der Waals surface area contributed by atoms with Gasteiger partial charge in [-0.2, -0.15) is 0 Å². The van der Waals surface area contributed by atoms with Crippen molar-refractivity contribution in [3.05, 3.63) is 59.9 Å². The molecule has 0 atom stereocenters. The highest BCUT2D eigenvalue weighted by atomic mass is 19.1. The second-order valence-electron chi connectivity index (χ2n) is 4.92. The van der Waals surface area contributed by atoms with Gasteiger partial charge in [-0.1, -0.05) is 29.8 Å². The number of para-hydroxylation sites is 1. The SMILES string of the molecule is Cc1ccc(OCC(=O)NNC(=O)COc2ccccc2F)cc1. The Morgan fingerprint density at radius 1 is 0.917 bits per heavy atom. The number of benzene rings is 2. The first-order valence-electron chi connectivity index (χ1n) is 7.19. The second kappa shape index (κ2) is 8.52. The topological polar surface area (TPSA) is 76.7 Å². The van der Waals surface area contributed by atoms with E-state index in [1.165, 1.54) is 18.2 Å². The summed E-state index contributed by atoms with van der Waals surface area (Å²) in [5, 5.41) is 0. The molecule has 2 aromatic carbocycles. The molecular formula is C17H17FN2O4. The van der Waals surface area contributed by atoms with Crippen molar-refractivity contribution in [1.82, 2.24) is 10.9 Å². The third-order valence-corrected chi connectivity index (χ3v) is 2.93. The number of nitrogens with one attached hydrogen (secondary N) is 2. The molecule has 0 aromatic heterocycles. The molecule has 7 heteroatoms. The zero-order valence-corrected chi connectivity index (χ0v) is 13.0. The molecule has 0 heterocycles. The second-order valence-corrected chi connectivity index (χ2v) is 4.92. The van der Waals surface area contributed by atoms with Crippen molar-refractivity contribution in [3.8, 4) is 11.5 Å². The lowest BCUT2D eigenvalue weighted by atomic mass is 10.2. The van der Waals surface area contributed by atoms with Crippen molar-refractivity contribution in [1.29, 1.82) is 0 Å². The molecule has 24 heavy (non-hydrogen) atoms. The number of rotatable bonds is 6. The average molecular weight is 332 g/mol. The molecule has 0 saturated carbocycles. The van der Waals surface area contributed by atoms with E-state index in [1.54, 1.807) is 18.2 Å². The van der Waals surface area contributed by atoms with Crippen LogP contribution in [0.2, 0.25) is 0 Å². The van der Waals surface area contributed by atoms with Crippen molar-refractivity contribution >= 4 is 11.8 Å². The smallest absolute Gasteiger partial charge is 0.276 e. The minimum Gasteiger partial charge on any atom is -0.484 e. The molecule has 0 saturated heterocycles. The van der Waals surface area contributed by atoms with Crippen LogP contribution in [0.25, 0.3) is 0 Å². The van der Waals surface area contributed by atoms with Crippen molar-refractivity contribution in [2.75, 3.05) is 13.2 Å². The Bertz CT molecular complexity index is 704. The minimum atomic E-state index is -0.623. The van der Waals surface area contributed by atoms with Crippen LogP contribution in [0.4, 0.5) is 4.39 Å². The monoisotopic (exact) mass is 332 g/mol. The van der Waals surface area contributed by atoms with E-state index in [1.807, 2.05) is 19.1 Å². The summed E-state index contributed by atoms with van der Waals surface area (Å²) in [5.74, 6) is -1.22. The summed E-state index contributed by atoms with van der Waals surface area (Å²) in [6, 6.07) is 12.9. The molecule has 0 aliphatic carbocycles. The number of amides is 2. The third-order valence-electron chi connectivity index (χ3n) is 2.93. The lowest BCUT2D eigenvalue weighted by molar-refractivity contribution is -0.131. The summed E-state index contributed by atoms with van der Waals surface area (Å²) in [6.07, 6.45) is 0. The van der Waals surface area contributed by atoms with Gasteiger partial charge in [-0.3, -0.25) is 20.4 Å². The number of halogens is 1. The first-order valence-corrected chi connectivity index (χ1v) is 7.19. The highest BCUT2D eigenvalue weighted by Crippen LogP contribution is 2.14. The lowest BCUT2D eigenvalue weighted by Gasteiger charge is -2.10. The van der Waals surface area contributed by atoms with Gasteiger partial charge in [-0.25, -0.2) is 4.39 Å². The van der Waals surface area contributed by atoms with Gasteiger partial charge in [-0.15, -0.1) is 0 Å². The quantitative estimate of drug-likeness (QED) is 0.790. The van der Waals surface area contributed by atoms with Crippen LogP contribution in [-0.4, -0.2) is 25.0 Å². The molecule has 0 unspecified atom stereocenters. The van der Waals surface area contributed by atoms with Gasteiger partial charge < -0.3 is 9.47 Å². The van der Waals surface area contributed by atoms with E-state index >= 15 is 0 Å². The molecular weight excluding hydrogens is 315 g/mol. The summed E-state index contributed by atoms with van der Waals surface area (Å²) in [6.45, 7) is 1.26.